The summed E-state index contributed by atoms with van der Waals surface area (Å²) in [5.74, 6) is -0.0428. The van der Waals surface area contributed by atoms with Crippen molar-refractivity contribution in [1.29, 1.82) is 0 Å². The number of nitrogens with one attached hydrogen (secondary N) is 2. The standard InChI is InChI=1S/C19H21N3O2/c1-13(23)14-6-8-17(9-7-14)21-18-10-15(11-20-12-18)19(24)22-16-4-2-3-5-16/h6-12,16,21H,2-5H2,1H3,(H,22,24). The molecule has 1 amide bonds. The summed E-state index contributed by atoms with van der Waals surface area (Å²) < 4.78 is 0. The summed E-state index contributed by atoms with van der Waals surface area (Å²) in [7, 11) is 0. The molecule has 3 rings (SSSR count). The number of carbonyl (C=O) groups is 2. The van der Waals surface area contributed by atoms with Crippen LogP contribution in [0.15, 0.2) is 42.7 Å². The number of amides is 1. The molecule has 5 nitrogen and oxygen atoms in total. The zero-order valence-electron chi connectivity index (χ0n) is 13.7. The van der Waals surface area contributed by atoms with Gasteiger partial charge in [0.15, 0.2) is 5.78 Å². The highest BCUT2D eigenvalue weighted by molar-refractivity contribution is 5.95. The molecule has 1 aromatic heterocycles. The Balaban J connectivity index is 1.68. The molecule has 24 heavy (non-hydrogen) atoms. The van der Waals surface area contributed by atoms with Crippen LogP contribution in [0.2, 0.25) is 0 Å². The third-order valence-electron chi connectivity index (χ3n) is 4.27. The number of nitrogens with zero attached hydrogens (tertiary/aromatic N) is 1. The summed E-state index contributed by atoms with van der Waals surface area (Å²) in [6.45, 7) is 1.54. The predicted molar refractivity (Wildman–Crippen MR) is 93.7 cm³/mol. The van der Waals surface area contributed by atoms with Crippen molar-refractivity contribution in [1.82, 2.24) is 10.3 Å². The van der Waals surface area contributed by atoms with Crippen molar-refractivity contribution in [2.24, 2.45) is 0 Å². The van der Waals surface area contributed by atoms with Crippen molar-refractivity contribution in [2.75, 3.05) is 5.32 Å². The van der Waals surface area contributed by atoms with Crippen LogP contribution >= 0.6 is 0 Å². The molecule has 2 N–H and O–H groups in total. The largest absolute Gasteiger partial charge is 0.354 e. The van der Waals surface area contributed by atoms with Gasteiger partial charge in [-0.15, -0.1) is 0 Å². The molecule has 0 atom stereocenters. The van der Waals surface area contributed by atoms with Gasteiger partial charge < -0.3 is 10.6 Å². The minimum Gasteiger partial charge on any atom is -0.354 e. The lowest BCUT2D eigenvalue weighted by Crippen LogP contribution is -2.32. The van der Waals surface area contributed by atoms with Gasteiger partial charge in [0.1, 0.15) is 0 Å². The molecule has 1 aliphatic rings. The van der Waals surface area contributed by atoms with Crippen molar-refractivity contribution in [3.05, 3.63) is 53.9 Å². The van der Waals surface area contributed by atoms with E-state index in [1.165, 1.54) is 12.8 Å². The number of ketones is 1. The molecule has 0 aliphatic heterocycles. The zero-order chi connectivity index (χ0) is 16.9. The van der Waals surface area contributed by atoms with E-state index in [0.29, 0.717) is 11.1 Å². The maximum absolute atomic E-state index is 12.3. The summed E-state index contributed by atoms with van der Waals surface area (Å²) in [6, 6.07) is 9.29. The van der Waals surface area contributed by atoms with E-state index >= 15 is 0 Å². The Labute approximate surface area is 141 Å². The molecule has 1 saturated carbocycles. The Kier molecular flexibility index (Phi) is 4.89. The molecule has 2 aromatic rings. The molecule has 0 saturated heterocycles. The molecule has 124 valence electrons. The van der Waals surface area contributed by atoms with Crippen LogP contribution in [0.25, 0.3) is 0 Å². The van der Waals surface area contributed by atoms with Crippen molar-refractivity contribution in [3.8, 4) is 0 Å². The first-order valence-electron chi connectivity index (χ1n) is 8.26. The highest BCUT2D eigenvalue weighted by Crippen LogP contribution is 2.20. The topological polar surface area (TPSA) is 71.1 Å². The first-order chi connectivity index (χ1) is 11.6. The highest BCUT2D eigenvalue weighted by atomic mass is 16.1. The van der Waals surface area contributed by atoms with E-state index in [1.54, 1.807) is 37.5 Å². The van der Waals surface area contributed by atoms with Crippen LogP contribution in [0, 0.1) is 0 Å². The van der Waals surface area contributed by atoms with Gasteiger partial charge in [-0.2, -0.15) is 0 Å². The van der Waals surface area contributed by atoms with Gasteiger partial charge in [0.25, 0.3) is 5.91 Å². The third-order valence-corrected chi connectivity index (χ3v) is 4.27. The van der Waals surface area contributed by atoms with E-state index in [-0.39, 0.29) is 17.7 Å². The van der Waals surface area contributed by atoms with E-state index in [0.717, 1.165) is 24.2 Å². The second-order valence-corrected chi connectivity index (χ2v) is 6.18. The average molecular weight is 323 g/mol. The molecule has 0 radical (unpaired) electrons. The van der Waals surface area contributed by atoms with Crippen molar-refractivity contribution < 1.29 is 9.59 Å². The number of aromatic nitrogens is 1. The number of hydrogen-bond donors (Lipinski definition) is 2. The normalized spacial score (nSPS) is 14.4. The fourth-order valence-electron chi connectivity index (χ4n) is 2.93. The number of hydrogen-bond acceptors (Lipinski definition) is 4. The van der Waals surface area contributed by atoms with Gasteiger partial charge in [-0.25, -0.2) is 0 Å². The van der Waals surface area contributed by atoms with Crippen LogP contribution < -0.4 is 10.6 Å². The predicted octanol–water partition coefficient (Wildman–Crippen LogP) is 3.70. The lowest BCUT2D eigenvalue weighted by molar-refractivity contribution is 0.0936. The Morgan fingerprint density at radius 2 is 1.71 bits per heavy atom. The molecule has 0 spiro atoms. The van der Waals surface area contributed by atoms with E-state index < -0.39 is 0 Å². The monoisotopic (exact) mass is 323 g/mol. The molecule has 5 heteroatoms. The number of carbonyl (C=O) groups excluding carboxylic acids is 2. The Bertz CT molecular complexity index is 735. The first-order valence-corrected chi connectivity index (χ1v) is 8.26. The van der Waals surface area contributed by atoms with Gasteiger partial charge in [-0.3, -0.25) is 14.6 Å². The first kappa shape index (κ1) is 16.2. The molecule has 0 unspecified atom stereocenters. The number of anilines is 2. The number of pyridine rings is 1. The quantitative estimate of drug-likeness (QED) is 0.823. The van der Waals surface area contributed by atoms with Crippen LogP contribution in [0.3, 0.4) is 0 Å². The molecular weight excluding hydrogens is 302 g/mol. The molecule has 1 aromatic carbocycles. The van der Waals surface area contributed by atoms with Gasteiger partial charge in [0, 0.05) is 23.5 Å². The van der Waals surface area contributed by atoms with E-state index in [1.807, 2.05) is 12.1 Å². The maximum Gasteiger partial charge on any atom is 0.253 e. The maximum atomic E-state index is 12.3. The van der Waals surface area contributed by atoms with Crippen LogP contribution in [0.1, 0.15) is 53.3 Å². The second kappa shape index (κ2) is 7.25. The highest BCUT2D eigenvalue weighted by Gasteiger charge is 2.18. The van der Waals surface area contributed by atoms with Crippen molar-refractivity contribution in [3.63, 3.8) is 0 Å². The molecule has 0 bridgehead atoms. The number of rotatable bonds is 5. The van der Waals surface area contributed by atoms with E-state index in [4.69, 9.17) is 0 Å². The minimum absolute atomic E-state index is 0.0359. The van der Waals surface area contributed by atoms with Crippen LogP contribution in [-0.2, 0) is 0 Å². The molecule has 1 aliphatic carbocycles. The Hall–Kier alpha value is -2.69. The van der Waals surface area contributed by atoms with Crippen molar-refractivity contribution >= 4 is 23.1 Å². The number of benzene rings is 1. The second-order valence-electron chi connectivity index (χ2n) is 6.18. The van der Waals surface area contributed by atoms with Gasteiger partial charge in [-0.1, -0.05) is 12.8 Å². The lowest BCUT2D eigenvalue weighted by atomic mass is 10.1. The van der Waals surface area contributed by atoms with Crippen molar-refractivity contribution in [2.45, 2.75) is 38.6 Å². The fourth-order valence-corrected chi connectivity index (χ4v) is 2.93. The van der Waals surface area contributed by atoms with Crippen LogP contribution in [-0.4, -0.2) is 22.7 Å². The minimum atomic E-state index is -0.0787. The Morgan fingerprint density at radius 3 is 2.38 bits per heavy atom. The van der Waals surface area contributed by atoms with Crippen LogP contribution in [0.4, 0.5) is 11.4 Å². The molecule has 1 fully saturated rings. The third kappa shape index (κ3) is 3.98. The summed E-state index contributed by atoms with van der Waals surface area (Å²) in [5.41, 5.74) is 2.80. The summed E-state index contributed by atoms with van der Waals surface area (Å²) >= 11 is 0. The molecular formula is C19H21N3O2. The van der Waals surface area contributed by atoms with E-state index in [2.05, 4.69) is 15.6 Å². The fraction of sp³-hybridized carbons (Fsp3) is 0.316. The van der Waals surface area contributed by atoms with Gasteiger partial charge in [-0.05, 0) is 50.1 Å². The molecule has 1 heterocycles. The average Bonchev–Trinajstić information content (AvgIpc) is 3.08. The zero-order valence-corrected chi connectivity index (χ0v) is 13.7. The smallest absolute Gasteiger partial charge is 0.253 e. The van der Waals surface area contributed by atoms with E-state index in [9.17, 15) is 9.59 Å². The summed E-state index contributed by atoms with van der Waals surface area (Å²) in [5, 5.41) is 6.27. The van der Waals surface area contributed by atoms with Gasteiger partial charge in [0.2, 0.25) is 0 Å². The number of Topliss-reactive ketones (excluding diaryl/α,β-unsaturated/α-hetero) is 1. The SMILES string of the molecule is CC(=O)c1ccc(Nc2cncc(C(=O)NC3CCCC3)c2)cc1. The summed E-state index contributed by atoms with van der Waals surface area (Å²) in [4.78, 5) is 27.8. The Morgan fingerprint density at radius 1 is 1.00 bits per heavy atom. The van der Waals surface area contributed by atoms with Gasteiger partial charge in [0.05, 0.1) is 17.4 Å². The summed E-state index contributed by atoms with van der Waals surface area (Å²) in [6.07, 6.45) is 7.72. The lowest BCUT2D eigenvalue weighted by Gasteiger charge is -2.12. The van der Waals surface area contributed by atoms with Gasteiger partial charge >= 0.3 is 0 Å². The van der Waals surface area contributed by atoms with Crippen LogP contribution in [0.5, 0.6) is 0 Å².